The first-order chi connectivity index (χ1) is 9.67. The van der Waals surface area contributed by atoms with E-state index < -0.39 is 0 Å². The Hall–Kier alpha value is -2.26. The van der Waals surface area contributed by atoms with E-state index in [1.807, 2.05) is 42.5 Å². The zero-order valence-electron chi connectivity index (χ0n) is 10.1. The Kier molecular flexibility index (Phi) is 4.43. The first-order valence-electron chi connectivity index (χ1n) is 5.49. The highest BCUT2D eigenvalue weighted by Crippen LogP contribution is 2.34. The second kappa shape index (κ2) is 6.26. The fraction of sp³-hybridized carbons (Fsp3) is 0. The van der Waals surface area contributed by atoms with E-state index in [1.165, 1.54) is 23.9 Å². The van der Waals surface area contributed by atoms with Crippen LogP contribution < -0.4 is 0 Å². The molecule has 0 radical (unpaired) electrons. The summed E-state index contributed by atoms with van der Waals surface area (Å²) in [6.07, 6.45) is 0. The third-order valence-electron chi connectivity index (χ3n) is 2.49. The van der Waals surface area contributed by atoms with E-state index in [2.05, 4.69) is 15.9 Å². The zero-order chi connectivity index (χ0) is 14.5. The molecule has 0 saturated heterocycles. The molecule has 0 saturated carbocycles. The molecule has 20 heavy (non-hydrogen) atoms. The van der Waals surface area contributed by atoms with E-state index in [9.17, 15) is 10.5 Å². The maximum absolute atomic E-state index is 9.19. The van der Waals surface area contributed by atoms with E-state index in [4.69, 9.17) is 5.26 Å². The lowest BCUT2D eigenvalue weighted by molar-refractivity contribution is 1.29. The predicted molar refractivity (Wildman–Crippen MR) is 78.9 cm³/mol. The van der Waals surface area contributed by atoms with Crippen molar-refractivity contribution in [2.75, 3.05) is 0 Å². The van der Waals surface area contributed by atoms with Gasteiger partial charge in [0.15, 0.2) is 0 Å². The molecule has 0 aliphatic carbocycles. The van der Waals surface area contributed by atoms with Gasteiger partial charge in [-0.05, 0) is 36.4 Å². The quantitative estimate of drug-likeness (QED) is 0.821. The zero-order valence-corrected chi connectivity index (χ0v) is 12.5. The average Bonchev–Trinajstić information content (AvgIpc) is 2.49. The second-order valence-corrected chi connectivity index (χ2v) is 5.79. The molecule has 0 amide bonds. The lowest BCUT2D eigenvalue weighted by Crippen LogP contribution is -1.90. The summed E-state index contributed by atoms with van der Waals surface area (Å²) in [5.74, 6) is 0. The van der Waals surface area contributed by atoms with E-state index in [0.29, 0.717) is 21.6 Å². The Morgan fingerprint density at radius 1 is 0.850 bits per heavy atom. The van der Waals surface area contributed by atoms with Gasteiger partial charge in [-0.25, -0.2) is 0 Å². The van der Waals surface area contributed by atoms with Crippen LogP contribution in [0.2, 0.25) is 0 Å². The lowest BCUT2D eigenvalue weighted by Gasteiger charge is -2.07. The Bertz CT molecular complexity index is 742. The van der Waals surface area contributed by atoms with E-state index in [0.717, 1.165) is 9.37 Å². The van der Waals surface area contributed by atoms with Gasteiger partial charge in [0.2, 0.25) is 0 Å². The van der Waals surface area contributed by atoms with Crippen LogP contribution in [0.3, 0.4) is 0 Å². The fourth-order valence-electron chi connectivity index (χ4n) is 1.59. The molecule has 3 nitrogen and oxygen atoms in total. The highest BCUT2D eigenvalue weighted by molar-refractivity contribution is 9.10. The summed E-state index contributed by atoms with van der Waals surface area (Å²) in [5, 5.41) is 27.3. The van der Waals surface area contributed by atoms with E-state index in [1.54, 1.807) is 0 Å². The monoisotopic (exact) mass is 339 g/mol. The number of hydrogen-bond acceptors (Lipinski definition) is 4. The van der Waals surface area contributed by atoms with Crippen LogP contribution in [-0.4, -0.2) is 0 Å². The maximum Gasteiger partial charge on any atom is 0.100 e. The third kappa shape index (κ3) is 3.00. The van der Waals surface area contributed by atoms with Crippen molar-refractivity contribution in [1.82, 2.24) is 0 Å². The largest absolute Gasteiger partial charge is 0.192 e. The molecule has 2 aromatic rings. The van der Waals surface area contributed by atoms with Crippen molar-refractivity contribution in [1.29, 1.82) is 15.8 Å². The van der Waals surface area contributed by atoms with Gasteiger partial charge in [-0.1, -0.05) is 27.7 Å². The highest BCUT2D eigenvalue weighted by Gasteiger charge is 2.12. The van der Waals surface area contributed by atoms with Crippen molar-refractivity contribution < 1.29 is 0 Å². The normalized spacial score (nSPS) is 9.30. The van der Waals surface area contributed by atoms with Gasteiger partial charge in [0.1, 0.15) is 12.1 Å². The minimum absolute atomic E-state index is 0.318. The molecule has 2 aromatic carbocycles. The molecular weight excluding hydrogens is 334 g/mol. The van der Waals surface area contributed by atoms with Crippen molar-refractivity contribution in [2.45, 2.75) is 9.79 Å². The summed E-state index contributed by atoms with van der Waals surface area (Å²) < 4.78 is 0.961. The minimum Gasteiger partial charge on any atom is -0.192 e. The maximum atomic E-state index is 9.19. The molecule has 5 heteroatoms. The molecular formula is C15H6BrN3S. The van der Waals surface area contributed by atoms with Crippen LogP contribution in [-0.2, 0) is 0 Å². The Morgan fingerprint density at radius 3 is 1.85 bits per heavy atom. The third-order valence-corrected chi connectivity index (χ3v) is 4.17. The van der Waals surface area contributed by atoms with Gasteiger partial charge in [-0.15, -0.1) is 0 Å². The van der Waals surface area contributed by atoms with Gasteiger partial charge in [0, 0.05) is 14.3 Å². The molecule has 0 aliphatic heterocycles. The molecule has 2 rings (SSSR count). The SMILES string of the molecule is N#Cc1cc(C#N)c(Sc2ccc(Br)cc2)c(C#N)c1. The fourth-order valence-corrected chi connectivity index (χ4v) is 2.79. The predicted octanol–water partition coefficient (Wildman–Crippen LogP) is 4.22. The van der Waals surface area contributed by atoms with E-state index >= 15 is 0 Å². The molecule has 0 aromatic heterocycles. The summed E-state index contributed by atoms with van der Waals surface area (Å²) in [7, 11) is 0. The van der Waals surface area contributed by atoms with Crippen molar-refractivity contribution >= 4 is 27.7 Å². The smallest absolute Gasteiger partial charge is 0.100 e. The summed E-state index contributed by atoms with van der Waals surface area (Å²) in [6.45, 7) is 0. The number of benzene rings is 2. The van der Waals surface area contributed by atoms with E-state index in [-0.39, 0.29) is 0 Å². The molecule has 0 heterocycles. The van der Waals surface area contributed by atoms with Crippen molar-refractivity contribution in [3.05, 3.63) is 57.6 Å². The molecule has 94 valence electrons. The minimum atomic E-state index is 0.318. The first-order valence-corrected chi connectivity index (χ1v) is 7.10. The van der Waals surface area contributed by atoms with Crippen LogP contribution in [0.25, 0.3) is 0 Å². The number of nitriles is 3. The molecule has 0 atom stereocenters. The first kappa shape index (κ1) is 14.2. The van der Waals surface area contributed by atoms with Gasteiger partial charge in [0.05, 0.1) is 22.8 Å². The molecule has 0 bridgehead atoms. The summed E-state index contributed by atoms with van der Waals surface area (Å²) in [5.41, 5.74) is 1.00. The standard InChI is InChI=1S/C15H6BrN3S/c16-13-1-3-14(4-2-13)20-15-11(8-18)5-10(7-17)6-12(15)9-19/h1-6H. The molecule has 0 aliphatic rings. The Balaban J connectivity index is 2.51. The molecule has 0 fully saturated rings. The van der Waals surface area contributed by atoms with Crippen LogP contribution in [0.15, 0.2) is 50.7 Å². The summed E-state index contributed by atoms with van der Waals surface area (Å²) in [6, 6.07) is 16.6. The second-order valence-electron chi connectivity index (χ2n) is 3.79. The number of hydrogen-bond donors (Lipinski definition) is 0. The summed E-state index contributed by atoms with van der Waals surface area (Å²) >= 11 is 4.70. The van der Waals surface area contributed by atoms with Gasteiger partial charge < -0.3 is 0 Å². The van der Waals surface area contributed by atoms with Crippen molar-refractivity contribution in [3.63, 3.8) is 0 Å². The van der Waals surface area contributed by atoms with Crippen LogP contribution >= 0.6 is 27.7 Å². The van der Waals surface area contributed by atoms with Crippen LogP contribution in [0, 0.1) is 34.0 Å². The Labute approximate surface area is 129 Å². The van der Waals surface area contributed by atoms with Gasteiger partial charge in [-0.3, -0.25) is 0 Å². The van der Waals surface area contributed by atoms with Crippen LogP contribution in [0.5, 0.6) is 0 Å². The number of rotatable bonds is 2. The van der Waals surface area contributed by atoms with Crippen molar-refractivity contribution in [2.24, 2.45) is 0 Å². The lowest BCUT2D eigenvalue weighted by atomic mass is 10.1. The topological polar surface area (TPSA) is 71.4 Å². The molecule has 0 spiro atoms. The highest BCUT2D eigenvalue weighted by atomic mass is 79.9. The van der Waals surface area contributed by atoms with Gasteiger partial charge in [0.25, 0.3) is 0 Å². The number of nitrogens with zero attached hydrogens (tertiary/aromatic N) is 3. The molecule has 0 unspecified atom stereocenters. The Morgan fingerprint density at radius 2 is 1.40 bits per heavy atom. The number of halogens is 1. The molecule has 0 N–H and O–H groups in total. The van der Waals surface area contributed by atoms with Gasteiger partial charge in [-0.2, -0.15) is 15.8 Å². The summed E-state index contributed by atoms with van der Waals surface area (Å²) in [4.78, 5) is 1.50. The average molecular weight is 340 g/mol. The van der Waals surface area contributed by atoms with Crippen LogP contribution in [0.4, 0.5) is 0 Å². The van der Waals surface area contributed by atoms with Crippen molar-refractivity contribution in [3.8, 4) is 18.2 Å². The van der Waals surface area contributed by atoms with Crippen LogP contribution in [0.1, 0.15) is 16.7 Å². The van der Waals surface area contributed by atoms with Gasteiger partial charge >= 0.3 is 0 Å².